The minimum absolute atomic E-state index is 0.189. The van der Waals surface area contributed by atoms with Crippen LogP contribution in [0.25, 0.3) is 90.4 Å². The van der Waals surface area contributed by atoms with Crippen molar-refractivity contribution in [2.45, 2.75) is 18.3 Å². The van der Waals surface area contributed by atoms with Crippen molar-refractivity contribution in [1.29, 1.82) is 0 Å². The van der Waals surface area contributed by atoms with Crippen molar-refractivity contribution in [3.05, 3.63) is 251 Å². The fourth-order valence-corrected chi connectivity index (χ4v) is 11.1. The first-order valence-corrected chi connectivity index (χ1v) is 22.1. The van der Waals surface area contributed by atoms with E-state index in [4.69, 9.17) is 0 Å². The van der Waals surface area contributed by atoms with E-state index in [2.05, 4.69) is 240 Å². The van der Waals surface area contributed by atoms with Crippen LogP contribution in [-0.4, -0.2) is 9.13 Å². The van der Waals surface area contributed by atoms with Crippen molar-refractivity contribution in [1.82, 2.24) is 9.13 Å². The van der Waals surface area contributed by atoms with Crippen molar-refractivity contribution in [3.63, 3.8) is 0 Å². The van der Waals surface area contributed by atoms with Crippen LogP contribution in [0.3, 0.4) is 0 Å². The van der Waals surface area contributed by atoms with E-state index in [9.17, 15) is 0 Å². The zero-order valence-electron chi connectivity index (χ0n) is 34.7. The molecule has 0 saturated carbocycles. The number of nitrogens with zero attached hydrogens (tertiary/aromatic N) is 2. The molecule has 296 valence electrons. The quantitative estimate of drug-likeness (QED) is 0.148. The second-order valence-electron chi connectivity index (χ2n) is 17.3. The topological polar surface area (TPSA) is 9.86 Å². The molecular formula is C61H42N2. The molecule has 2 aromatic heterocycles. The lowest BCUT2D eigenvalue weighted by atomic mass is 9.73. The van der Waals surface area contributed by atoms with Gasteiger partial charge in [0.05, 0.1) is 22.1 Å². The zero-order valence-corrected chi connectivity index (χ0v) is 34.7. The van der Waals surface area contributed by atoms with Gasteiger partial charge in [-0.1, -0.05) is 158 Å². The molecule has 2 heteroatoms. The van der Waals surface area contributed by atoms with Gasteiger partial charge in [-0.25, -0.2) is 0 Å². The third-order valence-electron chi connectivity index (χ3n) is 13.9. The molecule has 2 aliphatic carbocycles. The van der Waals surface area contributed by atoms with Crippen molar-refractivity contribution < 1.29 is 0 Å². The Kier molecular flexibility index (Phi) is 7.98. The van der Waals surface area contributed by atoms with Crippen LogP contribution in [0.15, 0.2) is 206 Å². The predicted octanol–water partition coefficient (Wildman–Crippen LogP) is 15.5. The summed E-state index contributed by atoms with van der Waals surface area (Å²) in [6.45, 7) is 0. The molecule has 1 spiro atoms. The molecule has 0 aliphatic heterocycles. The Balaban J connectivity index is 0.867. The van der Waals surface area contributed by atoms with Crippen molar-refractivity contribution in [2.75, 3.05) is 0 Å². The highest BCUT2D eigenvalue weighted by Crippen LogP contribution is 2.58. The van der Waals surface area contributed by atoms with Crippen molar-refractivity contribution in [2.24, 2.45) is 0 Å². The largest absolute Gasteiger partial charge is 0.309 e. The highest BCUT2D eigenvalue weighted by molar-refractivity contribution is 6.11. The van der Waals surface area contributed by atoms with Crippen LogP contribution < -0.4 is 0 Å². The Bertz CT molecular complexity index is 3450. The number of fused-ring (bicyclic) bond motifs is 13. The van der Waals surface area contributed by atoms with Crippen molar-refractivity contribution in [3.8, 4) is 22.5 Å². The number of aryl methyl sites for hydroxylation is 1. The molecule has 2 nitrogen and oxygen atoms in total. The van der Waals surface area contributed by atoms with Crippen LogP contribution in [0.1, 0.15) is 50.9 Å². The smallest absolute Gasteiger partial charge is 0.0541 e. The standard InChI is InChI=1S/C61H42N2/c1-3-14-46(15-4-1)62-57-21-11-8-18-50(57)52-37-41(29-33-59(52)62)23-25-43-27-31-48-49-32-28-44(40-56(49)61(55(48)39-43)36-35-45-13-7-10-20-54(45)61)26-24-42-30-34-60-53(38-42)51-19-9-12-22-58(51)63(60)47-16-5-2-6-17-47/h1-34,37-40H,35-36H2/b25-23+,26-24+. The molecule has 13 rings (SSSR count). The van der Waals surface area contributed by atoms with Crippen LogP contribution in [0, 0.1) is 0 Å². The van der Waals surface area contributed by atoms with E-state index in [1.165, 1.54) is 111 Å². The highest BCUT2D eigenvalue weighted by Gasteiger charge is 2.48. The number of para-hydroxylation sites is 4. The zero-order chi connectivity index (χ0) is 41.5. The van der Waals surface area contributed by atoms with Gasteiger partial charge in [-0.15, -0.1) is 0 Å². The van der Waals surface area contributed by atoms with E-state index in [1.807, 2.05) is 0 Å². The lowest BCUT2D eigenvalue weighted by Gasteiger charge is -2.29. The summed E-state index contributed by atoms with van der Waals surface area (Å²) in [6.07, 6.45) is 11.3. The SMILES string of the molecule is C(=C\c1ccc2c(c1)c1ccccc1n2-c1ccccc1)/c1ccc2c(c1)C1(CCc3ccccc31)c1cc(/C=C/c3ccc4c(c3)c3ccccc3n4-c3ccccc3)ccc1-2. The average molecular weight is 803 g/mol. The van der Waals surface area contributed by atoms with Crippen LogP contribution >= 0.6 is 0 Å². The van der Waals surface area contributed by atoms with Gasteiger partial charge in [0.15, 0.2) is 0 Å². The normalized spacial score (nSPS) is 13.9. The first-order chi connectivity index (χ1) is 31.2. The third-order valence-corrected chi connectivity index (χ3v) is 13.9. The van der Waals surface area contributed by atoms with E-state index in [0.717, 1.165) is 12.8 Å². The summed E-state index contributed by atoms with van der Waals surface area (Å²) in [5.74, 6) is 0. The van der Waals surface area contributed by atoms with Gasteiger partial charge in [-0.05, 0) is 141 Å². The summed E-state index contributed by atoms with van der Waals surface area (Å²) in [7, 11) is 0. The van der Waals surface area contributed by atoms with Gasteiger partial charge in [0.25, 0.3) is 0 Å². The molecule has 2 heterocycles. The molecule has 11 aromatic rings. The molecule has 0 bridgehead atoms. The minimum Gasteiger partial charge on any atom is -0.309 e. The molecule has 0 fully saturated rings. The second-order valence-corrected chi connectivity index (χ2v) is 17.3. The summed E-state index contributed by atoms with van der Waals surface area (Å²) < 4.78 is 4.75. The monoisotopic (exact) mass is 802 g/mol. The van der Waals surface area contributed by atoms with E-state index in [1.54, 1.807) is 0 Å². The molecule has 0 saturated heterocycles. The molecule has 0 atom stereocenters. The van der Waals surface area contributed by atoms with Crippen LogP contribution in [0.5, 0.6) is 0 Å². The molecule has 0 N–H and O–H groups in total. The molecule has 0 radical (unpaired) electrons. The Labute approximate surface area is 367 Å². The summed E-state index contributed by atoms with van der Waals surface area (Å²) in [6, 6.07) is 76.1. The van der Waals surface area contributed by atoms with Crippen molar-refractivity contribution >= 4 is 67.9 Å². The van der Waals surface area contributed by atoms with E-state index in [0.29, 0.717) is 0 Å². The Morgan fingerprint density at radius 2 is 0.746 bits per heavy atom. The van der Waals surface area contributed by atoms with Gasteiger partial charge in [-0.2, -0.15) is 0 Å². The summed E-state index contributed by atoms with van der Waals surface area (Å²) in [5, 5.41) is 5.07. The first kappa shape index (κ1) is 35.8. The Morgan fingerprint density at radius 3 is 1.27 bits per heavy atom. The van der Waals surface area contributed by atoms with Crippen LogP contribution in [0.2, 0.25) is 0 Å². The van der Waals surface area contributed by atoms with E-state index >= 15 is 0 Å². The third kappa shape index (κ3) is 5.51. The predicted molar refractivity (Wildman–Crippen MR) is 266 cm³/mol. The average Bonchev–Trinajstić information content (AvgIpc) is 4.08. The molecule has 0 amide bonds. The molecule has 63 heavy (non-hydrogen) atoms. The maximum atomic E-state index is 2.48. The summed E-state index contributed by atoms with van der Waals surface area (Å²) >= 11 is 0. The Hall–Kier alpha value is -7.94. The summed E-state index contributed by atoms with van der Waals surface area (Å²) in [4.78, 5) is 0. The number of hydrogen-bond acceptors (Lipinski definition) is 0. The van der Waals surface area contributed by atoms with Gasteiger partial charge in [-0.3, -0.25) is 0 Å². The summed E-state index contributed by atoms with van der Waals surface area (Å²) in [5.41, 5.74) is 20.4. The van der Waals surface area contributed by atoms with Crippen LogP contribution in [-0.2, 0) is 11.8 Å². The lowest BCUT2D eigenvalue weighted by molar-refractivity contribution is 0.626. The van der Waals surface area contributed by atoms with Gasteiger partial charge < -0.3 is 9.13 Å². The second kappa shape index (κ2) is 14.1. The van der Waals surface area contributed by atoms with E-state index in [-0.39, 0.29) is 5.41 Å². The fourth-order valence-electron chi connectivity index (χ4n) is 11.1. The number of benzene rings is 9. The number of hydrogen-bond donors (Lipinski definition) is 0. The van der Waals surface area contributed by atoms with Gasteiger partial charge >= 0.3 is 0 Å². The molecule has 0 unspecified atom stereocenters. The molecule has 2 aliphatic rings. The maximum absolute atomic E-state index is 2.48. The van der Waals surface area contributed by atoms with Gasteiger partial charge in [0, 0.05) is 38.3 Å². The molecular weight excluding hydrogens is 761 g/mol. The fraction of sp³-hybridized carbons (Fsp3) is 0.0492. The highest BCUT2D eigenvalue weighted by atomic mass is 15.0. The first-order valence-electron chi connectivity index (χ1n) is 22.1. The van der Waals surface area contributed by atoms with Gasteiger partial charge in [0.2, 0.25) is 0 Å². The van der Waals surface area contributed by atoms with Gasteiger partial charge in [0.1, 0.15) is 0 Å². The molecule has 9 aromatic carbocycles. The van der Waals surface area contributed by atoms with E-state index < -0.39 is 0 Å². The minimum atomic E-state index is -0.189. The Morgan fingerprint density at radius 1 is 0.333 bits per heavy atom. The number of aromatic nitrogens is 2. The number of rotatable bonds is 6. The lowest BCUT2D eigenvalue weighted by Crippen LogP contribution is -2.23. The maximum Gasteiger partial charge on any atom is 0.0541 e. The van der Waals surface area contributed by atoms with Crippen LogP contribution in [0.4, 0.5) is 0 Å².